The van der Waals surface area contributed by atoms with E-state index in [1.165, 1.54) is 30.1 Å². The monoisotopic (exact) mass is 506 g/mol. The number of thioether (sulfide) groups is 1. The first-order chi connectivity index (χ1) is 15.6. The van der Waals surface area contributed by atoms with Crippen molar-refractivity contribution in [3.8, 4) is 22.6 Å². The minimum atomic E-state index is -3.61. The van der Waals surface area contributed by atoms with Crippen molar-refractivity contribution in [2.24, 2.45) is 5.92 Å². The van der Waals surface area contributed by atoms with E-state index in [0.717, 1.165) is 12.7 Å². The van der Waals surface area contributed by atoms with E-state index in [0.29, 0.717) is 43.2 Å². The number of sulfone groups is 1. The molecule has 0 spiro atoms. The zero-order valence-electron chi connectivity index (χ0n) is 19.2. The van der Waals surface area contributed by atoms with E-state index >= 15 is 0 Å². The zero-order valence-corrected chi connectivity index (χ0v) is 21.9. The highest BCUT2D eigenvalue weighted by Gasteiger charge is 2.23. The Morgan fingerprint density at radius 1 is 1.18 bits per heavy atom. The molecule has 7 nitrogen and oxygen atoms in total. The molecular weight excluding hydrogens is 479 g/mol. The summed E-state index contributed by atoms with van der Waals surface area (Å²) >= 11 is 1.44. The van der Waals surface area contributed by atoms with Gasteiger partial charge in [0.15, 0.2) is 5.16 Å². The first-order valence-electron chi connectivity index (χ1n) is 10.4. The summed E-state index contributed by atoms with van der Waals surface area (Å²) in [6.45, 7) is 6.67. The number of benzene rings is 1. The van der Waals surface area contributed by atoms with Gasteiger partial charge in [0.2, 0.25) is 15.0 Å². The highest BCUT2D eigenvalue weighted by molar-refractivity contribution is 7.98. The Kier molecular flexibility index (Phi) is 8.43. The maximum absolute atomic E-state index is 13.6. The minimum absolute atomic E-state index is 0.0983. The molecule has 0 aliphatic rings. The summed E-state index contributed by atoms with van der Waals surface area (Å²) in [5.41, 5.74) is 2.36. The molecule has 0 aliphatic carbocycles. The molecule has 2 radical (unpaired) electrons. The average molecular weight is 507 g/mol. The molecule has 1 unspecified atom stereocenters. The molecule has 0 saturated carbocycles. The first kappa shape index (κ1) is 25.5. The van der Waals surface area contributed by atoms with Gasteiger partial charge >= 0.3 is 0 Å². The van der Waals surface area contributed by atoms with Crippen LogP contribution in [0.15, 0.2) is 46.8 Å². The van der Waals surface area contributed by atoms with E-state index in [4.69, 9.17) is 9.72 Å². The lowest BCUT2D eigenvalue weighted by Crippen LogP contribution is -2.23. The third-order valence-electron chi connectivity index (χ3n) is 4.85. The number of nitrogens with zero attached hydrogens (tertiary/aromatic N) is 4. The standard InChI is InChI=1S/C22H27FN4O3S2Si/c1-14(2)12-18(33-5)30-13-27-20(17-10-11-24-21(25-17)32(4,28)29)19(26-22(27)31-3)15-6-8-16(23)9-7-15/h6-11,14,18H,12-13H2,1-5H3. The molecule has 1 atom stereocenters. The van der Waals surface area contributed by atoms with Gasteiger partial charge in [-0.05, 0) is 48.9 Å². The number of imidazole rings is 1. The topological polar surface area (TPSA) is 87.0 Å². The number of hydrogen-bond donors (Lipinski definition) is 0. The van der Waals surface area contributed by atoms with Crippen LogP contribution < -0.4 is 0 Å². The van der Waals surface area contributed by atoms with Crippen molar-refractivity contribution in [1.82, 2.24) is 19.5 Å². The van der Waals surface area contributed by atoms with Crippen molar-refractivity contribution in [3.05, 3.63) is 42.3 Å². The van der Waals surface area contributed by atoms with E-state index in [1.54, 1.807) is 18.2 Å². The lowest BCUT2D eigenvalue weighted by molar-refractivity contribution is 0.0370. The largest absolute Gasteiger partial charge is 0.361 e. The van der Waals surface area contributed by atoms with E-state index in [1.807, 2.05) is 10.8 Å². The molecule has 0 amide bonds. The van der Waals surface area contributed by atoms with Gasteiger partial charge in [-0.25, -0.2) is 27.8 Å². The minimum Gasteiger partial charge on any atom is -0.361 e. The summed E-state index contributed by atoms with van der Waals surface area (Å²) in [7, 11) is -2.99. The third-order valence-corrected chi connectivity index (χ3v) is 7.44. The summed E-state index contributed by atoms with van der Waals surface area (Å²) in [6.07, 6.45) is 5.33. The van der Waals surface area contributed by atoms with E-state index < -0.39 is 9.84 Å². The molecule has 0 fully saturated rings. The van der Waals surface area contributed by atoms with Gasteiger partial charge in [0.25, 0.3) is 0 Å². The molecule has 0 aliphatic heterocycles. The number of rotatable bonds is 10. The van der Waals surface area contributed by atoms with Crippen molar-refractivity contribution < 1.29 is 17.5 Å². The van der Waals surface area contributed by atoms with Crippen molar-refractivity contribution >= 4 is 31.1 Å². The Labute approximate surface area is 201 Å². The molecule has 11 heteroatoms. The van der Waals surface area contributed by atoms with Gasteiger partial charge < -0.3 is 4.74 Å². The predicted molar refractivity (Wildman–Crippen MR) is 129 cm³/mol. The molecule has 1 aromatic carbocycles. The summed E-state index contributed by atoms with van der Waals surface area (Å²) < 4.78 is 45.9. The van der Waals surface area contributed by atoms with Crippen LogP contribution in [-0.2, 0) is 21.3 Å². The Bertz CT molecular complexity index is 1200. The van der Waals surface area contributed by atoms with Crippen LogP contribution >= 0.6 is 11.8 Å². The van der Waals surface area contributed by atoms with Gasteiger partial charge in [-0.3, -0.25) is 4.57 Å². The average Bonchev–Trinajstić information content (AvgIpc) is 3.15. The molecular formula is C22H27FN4O3S2Si. The fraction of sp³-hybridized carbons (Fsp3) is 0.409. The van der Waals surface area contributed by atoms with Crippen LogP contribution in [0.25, 0.3) is 22.6 Å². The van der Waals surface area contributed by atoms with Crippen LogP contribution in [0.2, 0.25) is 6.55 Å². The van der Waals surface area contributed by atoms with E-state index in [2.05, 4.69) is 30.4 Å². The van der Waals surface area contributed by atoms with Crippen LogP contribution in [0.3, 0.4) is 0 Å². The van der Waals surface area contributed by atoms with Crippen LogP contribution in [0.4, 0.5) is 4.39 Å². The Balaban J connectivity index is 2.17. The number of hydrogen-bond acceptors (Lipinski definition) is 7. The lowest BCUT2D eigenvalue weighted by Gasteiger charge is -2.20. The maximum atomic E-state index is 13.6. The molecule has 3 aromatic rings. The molecule has 2 aromatic heterocycles. The summed E-state index contributed by atoms with van der Waals surface area (Å²) in [5.74, 6) is 0.147. The Hall–Kier alpha value is -2.08. The second-order valence-corrected chi connectivity index (χ2v) is 11.8. The molecule has 176 valence electrons. The molecule has 0 N–H and O–H groups in total. The predicted octanol–water partition coefficient (Wildman–Crippen LogP) is 4.37. The Morgan fingerprint density at radius 2 is 1.88 bits per heavy atom. The van der Waals surface area contributed by atoms with Gasteiger partial charge in [-0.2, -0.15) is 0 Å². The second-order valence-electron chi connectivity index (χ2n) is 7.93. The van der Waals surface area contributed by atoms with Crippen molar-refractivity contribution in [1.29, 1.82) is 0 Å². The number of ether oxygens (including phenoxy) is 1. The summed E-state index contributed by atoms with van der Waals surface area (Å²) in [5, 5.41) is 0.420. The molecule has 0 saturated heterocycles. The SMILES string of the molecule is C[Si]C(CC(C)C)OCn1c(SC)nc(-c2ccc(F)cc2)c1-c1ccnc(S(C)(=O)=O)n1. The fourth-order valence-corrected chi connectivity index (χ4v) is 5.30. The first-order valence-corrected chi connectivity index (χ1v) is 15.1. The molecule has 3 rings (SSSR count). The molecule has 2 heterocycles. The quantitative estimate of drug-likeness (QED) is 0.229. The number of aromatic nitrogens is 4. The normalized spacial score (nSPS) is 12.9. The highest BCUT2D eigenvalue weighted by Crippen LogP contribution is 2.35. The van der Waals surface area contributed by atoms with Crippen LogP contribution in [0.1, 0.15) is 20.3 Å². The highest BCUT2D eigenvalue weighted by atomic mass is 32.2. The number of halogens is 1. The van der Waals surface area contributed by atoms with Crippen molar-refractivity contribution in [2.45, 2.75) is 49.6 Å². The summed E-state index contributed by atoms with van der Waals surface area (Å²) in [6, 6.07) is 7.67. The fourth-order valence-electron chi connectivity index (χ4n) is 3.29. The zero-order chi connectivity index (χ0) is 24.2. The van der Waals surface area contributed by atoms with Crippen molar-refractivity contribution in [2.75, 3.05) is 12.5 Å². The maximum Gasteiger partial charge on any atom is 0.247 e. The van der Waals surface area contributed by atoms with Gasteiger partial charge in [-0.1, -0.05) is 32.2 Å². The smallest absolute Gasteiger partial charge is 0.247 e. The molecule has 0 bridgehead atoms. The van der Waals surface area contributed by atoms with Gasteiger partial charge in [0.05, 0.1) is 26.6 Å². The lowest BCUT2D eigenvalue weighted by atomic mass is 10.1. The third kappa shape index (κ3) is 6.28. The molecule has 33 heavy (non-hydrogen) atoms. The van der Waals surface area contributed by atoms with Crippen LogP contribution in [-0.4, -0.2) is 55.7 Å². The van der Waals surface area contributed by atoms with E-state index in [-0.39, 0.29) is 23.4 Å². The van der Waals surface area contributed by atoms with Crippen molar-refractivity contribution in [3.63, 3.8) is 0 Å². The second kappa shape index (κ2) is 10.9. The van der Waals surface area contributed by atoms with Gasteiger partial charge in [0.1, 0.15) is 12.5 Å². The van der Waals surface area contributed by atoms with Crippen LogP contribution in [0.5, 0.6) is 0 Å². The summed E-state index contributed by atoms with van der Waals surface area (Å²) in [4.78, 5) is 13.0. The Morgan fingerprint density at radius 3 is 2.45 bits per heavy atom. The van der Waals surface area contributed by atoms with Gasteiger partial charge in [-0.15, -0.1) is 0 Å². The van der Waals surface area contributed by atoms with Gasteiger partial charge in [0, 0.05) is 23.7 Å². The van der Waals surface area contributed by atoms with Crippen LogP contribution in [0, 0.1) is 11.7 Å². The van der Waals surface area contributed by atoms with E-state index in [9.17, 15) is 12.8 Å².